The van der Waals surface area contributed by atoms with E-state index in [2.05, 4.69) is 4.98 Å². The molecule has 1 aromatic carbocycles. The molecule has 6 heteroatoms. The topological polar surface area (TPSA) is 89.6 Å². The van der Waals surface area contributed by atoms with Gasteiger partial charge in [0.05, 0.1) is 6.61 Å². The SMILES string of the molecule is CCOC(=O)c1nc2cccc(C(=O)O)c2o1. The normalized spacial score (nSPS) is 10.4. The molecule has 0 saturated carbocycles. The van der Waals surface area contributed by atoms with Gasteiger partial charge in [0.25, 0.3) is 0 Å². The Morgan fingerprint density at radius 2 is 2.24 bits per heavy atom. The zero-order valence-electron chi connectivity index (χ0n) is 8.97. The highest BCUT2D eigenvalue weighted by Gasteiger charge is 2.19. The maximum Gasteiger partial charge on any atom is 0.394 e. The maximum absolute atomic E-state index is 11.4. The van der Waals surface area contributed by atoms with E-state index >= 15 is 0 Å². The number of rotatable bonds is 3. The lowest BCUT2D eigenvalue weighted by Crippen LogP contribution is -2.04. The van der Waals surface area contributed by atoms with Crippen molar-refractivity contribution >= 4 is 23.0 Å². The number of para-hydroxylation sites is 1. The van der Waals surface area contributed by atoms with E-state index in [1.54, 1.807) is 13.0 Å². The number of carbonyl (C=O) groups excluding carboxylic acids is 1. The first-order chi connectivity index (χ1) is 8.13. The Kier molecular flexibility index (Phi) is 2.78. The van der Waals surface area contributed by atoms with Crippen LogP contribution < -0.4 is 0 Å². The molecule has 0 amide bonds. The summed E-state index contributed by atoms with van der Waals surface area (Å²) in [5.41, 5.74) is 0.349. The number of ether oxygens (including phenoxy) is 1. The summed E-state index contributed by atoms with van der Waals surface area (Å²) >= 11 is 0. The van der Waals surface area contributed by atoms with Gasteiger partial charge in [0.2, 0.25) is 0 Å². The molecule has 17 heavy (non-hydrogen) atoms. The summed E-state index contributed by atoms with van der Waals surface area (Å²) in [6.45, 7) is 1.85. The summed E-state index contributed by atoms with van der Waals surface area (Å²) in [5.74, 6) is -2.09. The van der Waals surface area contributed by atoms with Crippen molar-refractivity contribution in [3.63, 3.8) is 0 Å². The first kappa shape index (κ1) is 11.1. The molecule has 0 fully saturated rings. The smallest absolute Gasteiger partial charge is 0.394 e. The fourth-order valence-electron chi connectivity index (χ4n) is 1.40. The predicted octanol–water partition coefficient (Wildman–Crippen LogP) is 1.70. The van der Waals surface area contributed by atoms with Crippen LogP contribution in [0, 0.1) is 0 Å². The first-order valence-electron chi connectivity index (χ1n) is 4.93. The molecule has 88 valence electrons. The minimum absolute atomic E-state index is 0.0365. The monoisotopic (exact) mass is 235 g/mol. The molecule has 0 aliphatic heterocycles. The Morgan fingerprint density at radius 1 is 1.47 bits per heavy atom. The largest absolute Gasteiger partial charge is 0.478 e. The lowest BCUT2D eigenvalue weighted by atomic mass is 10.2. The molecule has 0 atom stereocenters. The lowest BCUT2D eigenvalue weighted by molar-refractivity contribution is 0.0482. The summed E-state index contributed by atoms with van der Waals surface area (Å²) in [6.07, 6.45) is 0. The molecule has 1 heterocycles. The fourth-order valence-corrected chi connectivity index (χ4v) is 1.40. The van der Waals surface area contributed by atoms with Crippen LogP contribution in [0.1, 0.15) is 28.0 Å². The van der Waals surface area contributed by atoms with Gasteiger partial charge in [-0.1, -0.05) is 6.07 Å². The molecular weight excluding hydrogens is 226 g/mol. The van der Waals surface area contributed by atoms with Crippen molar-refractivity contribution in [3.8, 4) is 0 Å². The first-order valence-corrected chi connectivity index (χ1v) is 4.93. The van der Waals surface area contributed by atoms with Crippen molar-refractivity contribution in [2.75, 3.05) is 6.61 Å². The van der Waals surface area contributed by atoms with Gasteiger partial charge in [-0.2, -0.15) is 0 Å². The van der Waals surface area contributed by atoms with E-state index < -0.39 is 11.9 Å². The maximum atomic E-state index is 11.4. The number of nitrogens with zero attached hydrogens (tertiary/aromatic N) is 1. The number of benzene rings is 1. The van der Waals surface area contributed by atoms with Crippen molar-refractivity contribution in [1.29, 1.82) is 0 Å². The number of aromatic nitrogens is 1. The molecular formula is C11H9NO5. The van der Waals surface area contributed by atoms with Crippen molar-refractivity contribution < 1.29 is 23.8 Å². The molecule has 1 N–H and O–H groups in total. The minimum atomic E-state index is -1.14. The van der Waals surface area contributed by atoms with Gasteiger partial charge >= 0.3 is 17.8 Å². The average molecular weight is 235 g/mol. The number of carbonyl (C=O) groups is 2. The van der Waals surface area contributed by atoms with Crippen LogP contribution in [0.3, 0.4) is 0 Å². The lowest BCUT2D eigenvalue weighted by Gasteiger charge is -1.95. The zero-order chi connectivity index (χ0) is 12.4. The number of hydrogen-bond acceptors (Lipinski definition) is 5. The molecule has 6 nitrogen and oxygen atoms in total. The molecule has 2 aromatic rings. The summed E-state index contributed by atoms with van der Waals surface area (Å²) < 4.78 is 9.82. The van der Waals surface area contributed by atoms with Crippen LogP contribution in [0.4, 0.5) is 0 Å². The third-order valence-corrected chi connectivity index (χ3v) is 2.10. The number of esters is 1. The van der Waals surface area contributed by atoms with Gasteiger partial charge in [-0.25, -0.2) is 14.6 Å². The summed E-state index contributed by atoms with van der Waals surface area (Å²) in [6, 6.07) is 4.47. The van der Waals surface area contributed by atoms with Crippen LogP contribution in [0.2, 0.25) is 0 Å². The highest BCUT2D eigenvalue weighted by molar-refractivity contribution is 6.01. The Bertz CT molecular complexity index is 587. The van der Waals surface area contributed by atoms with E-state index in [1.807, 2.05) is 0 Å². The summed E-state index contributed by atoms with van der Waals surface area (Å²) in [5, 5.41) is 8.93. The third-order valence-electron chi connectivity index (χ3n) is 2.10. The van der Waals surface area contributed by atoms with Crippen LogP contribution in [0.15, 0.2) is 22.6 Å². The van der Waals surface area contributed by atoms with Crippen molar-refractivity contribution in [2.45, 2.75) is 6.92 Å². The molecule has 0 aliphatic carbocycles. The van der Waals surface area contributed by atoms with Gasteiger partial charge in [-0.3, -0.25) is 0 Å². The number of hydrogen-bond donors (Lipinski definition) is 1. The highest BCUT2D eigenvalue weighted by atomic mass is 16.5. The molecule has 0 spiro atoms. The number of carboxylic acids is 1. The van der Waals surface area contributed by atoms with Crippen LogP contribution in [0.5, 0.6) is 0 Å². The van der Waals surface area contributed by atoms with Crippen LogP contribution in [-0.4, -0.2) is 28.6 Å². The molecule has 0 bridgehead atoms. The van der Waals surface area contributed by atoms with E-state index in [0.29, 0.717) is 5.52 Å². The molecule has 1 aromatic heterocycles. The van der Waals surface area contributed by atoms with Gasteiger partial charge in [0.1, 0.15) is 11.1 Å². The summed E-state index contributed by atoms with van der Waals surface area (Å²) in [4.78, 5) is 26.2. The second-order valence-electron chi connectivity index (χ2n) is 3.20. The van der Waals surface area contributed by atoms with Crippen molar-refractivity contribution in [3.05, 3.63) is 29.7 Å². The van der Waals surface area contributed by atoms with Crippen LogP contribution in [-0.2, 0) is 4.74 Å². The molecule has 0 aliphatic rings. The molecule has 0 radical (unpaired) electrons. The minimum Gasteiger partial charge on any atom is -0.478 e. The highest BCUT2D eigenvalue weighted by Crippen LogP contribution is 2.20. The van der Waals surface area contributed by atoms with E-state index in [1.165, 1.54) is 12.1 Å². The second kappa shape index (κ2) is 4.25. The summed E-state index contributed by atoms with van der Waals surface area (Å²) in [7, 11) is 0. The van der Waals surface area contributed by atoms with Gasteiger partial charge in [-0.15, -0.1) is 0 Å². The Labute approximate surface area is 95.8 Å². The fraction of sp³-hybridized carbons (Fsp3) is 0.182. The van der Waals surface area contributed by atoms with E-state index in [-0.39, 0.29) is 23.6 Å². The molecule has 0 saturated heterocycles. The van der Waals surface area contributed by atoms with E-state index in [9.17, 15) is 9.59 Å². The Balaban J connectivity index is 2.54. The third kappa shape index (κ3) is 1.96. The zero-order valence-corrected chi connectivity index (χ0v) is 8.97. The standard InChI is InChI=1S/C11H9NO5/c1-2-16-11(15)9-12-7-5-3-4-6(10(13)14)8(7)17-9/h3-5H,2H2,1H3,(H,13,14). The van der Waals surface area contributed by atoms with Crippen LogP contribution in [0.25, 0.3) is 11.1 Å². The van der Waals surface area contributed by atoms with Crippen LogP contribution >= 0.6 is 0 Å². The van der Waals surface area contributed by atoms with Gasteiger partial charge in [0, 0.05) is 0 Å². The second-order valence-corrected chi connectivity index (χ2v) is 3.20. The number of oxazole rings is 1. The Morgan fingerprint density at radius 3 is 2.88 bits per heavy atom. The van der Waals surface area contributed by atoms with Crippen molar-refractivity contribution in [1.82, 2.24) is 4.98 Å². The Hall–Kier alpha value is -2.37. The van der Waals surface area contributed by atoms with Gasteiger partial charge in [-0.05, 0) is 19.1 Å². The van der Waals surface area contributed by atoms with Gasteiger partial charge < -0.3 is 14.3 Å². The van der Waals surface area contributed by atoms with Crippen molar-refractivity contribution in [2.24, 2.45) is 0 Å². The number of fused-ring (bicyclic) bond motifs is 1. The van der Waals surface area contributed by atoms with E-state index in [0.717, 1.165) is 0 Å². The molecule has 2 rings (SSSR count). The molecule has 0 unspecified atom stereocenters. The predicted molar refractivity (Wildman–Crippen MR) is 56.9 cm³/mol. The average Bonchev–Trinajstić information content (AvgIpc) is 2.72. The number of carboxylic acid groups (broad SMARTS) is 1. The quantitative estimate of drug-likeness (QED) is 0.814. The number of aromatic carboxylic acids is 1. The van der Waals surface area contributed by atoms with Gasteiger partial charge in [0.15, 0.2) is 5.58 Å². The van der Waals surface area contributed by atoms with E-state index in [4.69, 9.17) is 14.3 Å².